The Balaban J connectivity index is 1.24. The molecule has 2 aromatic carbocycles. The van der Waals surface area contributed by atoms with E-state index in [1.165, 1.54) is 16.1 Å². The van der Waals surface area contributed by atoms with Crippen molar-refractivity contribution >= 4 is 15.8 Å². The van der Waals surface area contributed by atoms with Crippen LogP contribution in [0.1, 0.15) is 23.1 Å². The van der Waals surface area contributed by atoms with E-state index in [-0.39, 0.29) is 0 Å². The highest BCUT2D eigenvalue weighted by atomic mass is 32.2. The molecule has 180 valence electrons. The summed E-state index contributed by atoms with van der Waals surface area (Å²) < 4.78 is 36.8. The van der Waals surface area contributed by atoms with Crippen molar-refractivity contribution in [2.24, 2.45) is 0 Å². The molecule has 1 aliphatic rings. The topological polar surface area (TPSA) is 84.9 Å². The van der Waals surface area contributed by atoms with Crippen LogP contribution in [0, 0.1) is 0 Å². The van der Waals surface area contributed by atoms with Crippen LogP contribution in [0.4, 0.5) is 5.82 Å². The Labute approximate surface area is 201 Å². The van der Waals surface area contributed by atoms with Gasteiger partial charge in [0.1, 0.15) is 17.3 Å². The van der Waals surface area contributed by atoms with Crippen molar-refractivity contribution in [1.29, 1.82) is 0 Å². The number of aromatic nitrogens is 2. The lowest BCUT2D eigenvalue weighted by atomic mass is 10.0. The number of nitrogens with zero attached hydrogens (tertiary/aromatic N) is 4. The predicted molar refractivity (Wildman–Crippen MR) is 132 cm³/mol. The number of fused-ring (bicyclic) bond motifs is 1. The van der Waals surface area contributed by atoms with E-state index in [1.807, 2.05) is 67.5 Å². The van der Waals surface area contributed by atoms with Crippen molar-refractivity contribution in [3.63, 3.8) is 0 Å². The fourth-order valence-electron chi connectivity index (χ4n) is 3.80. The number of sulfonamides is 1. The second kappa shape index (κ2) is 10.4. The predicted octanol–water partition coefficient (Wildman–Crippen LogP) is 3.66. The zero-order chi connectivity index (χ0) is 24.1. The molecule has 0 fully saturated rings. The van der Waals surface area contributed by atoms with Gasteiger partial charge in [-0.15, -0.1) is 0 Å². The molecular formula is C25H30N4O4S. The first kappa shape index (κ1) is 24.0. The zero-order valence-corrected chi connectivity index (χ0v) is 20.6. The Morgan fingerprint density at radius 3 is 2.53 bits per heavy atom. The quantitative estimate of drug-likeness (QED) is 0.430. The van der Waals surface area contributed by atoms with Crippen molar-refractivity contribution in [2.75, 3.05) is 38.4 Å². The molecule has 0 amide bonds. The van der Waals surface area contributed by atoms with Gasteiger partial charge in [-0.2, -0.15) is 9.29 Å². The van der Waals surface area contributed by atoms with Gasteiger partial charge in [0.05, 0.1) is 12.9 Å². The maximum absolute atomic E-state index is 11.8. The van der Waals surface area contributed by atoms with Crippen LogP contribution >= 0.6 is 0 Å². The lowest BCUT2D eigenvalue weighted by Crippen LogP contribution is -2.35. The summed E-state index contributed by atoms with van der Waals surface area (Å²) in [6, 6.07) is 16.0. The fraction of sp³-hybridized carbons (Fsp3) is 0.360. The first-order valence-corrected chi connectivity index (χ1v) is 13.1. The van der Waals surface area contributed by atoms with Crippen LogP contribution in [-0.4, -0.2) is 56.2 Å². The Bertz CT molecular complexity index is 1230. The highest BCUT2D eigenvalue weighted by molar-refractivity contribution is 7.88. The molecule has 1 aliphatic heterocycles. The number of hydrogen-bond donors (Lipinski definition) is 0. The van der Waals surface area contributed by atoms with Gasteiger partial charge >= 0.3 is 6.01 Å². The Morgan fingerprint density at radius 1 is 1.03 bits per heavy atom. The van der Waals surface area contributed by atoms with Gasteiger partial charge in [-0.25, -0.2) is 13.4 Å². The average molecular weight is 483 g/mol. The molecule has 9 heteroatoms. The summed E-state index contributed by atoms with van der Waals surface area (Å²) in [4.78, 5) is 10.4. The summed E-state index contributed by atoms with van der Waals surface area (Å²) in [5.41, 5.74) is 3.41. The second-order valence-corrected chi connectivity index (χ2v) is 10.5. The lowest BCUT2D eigenvalue weighted by Gasteiger charge is -2.27. The Morgan fingerprint density at radius 2 is 1.79 bits per heavy atom. The number of ether oxygens (including phenoxy) is 2. The van der Waals surface area contributed by atoms with Crippen molar-refractivity contribution in [2.45, 2.75) is 25.8 Å². The lowest BCUT2D eigenvalue weighted by molar-refractivity contribution is 0.309. The van der Waals surface area contributed by atoms with Crippen LogP contribution in [0.2, 0.25) is 0 Å². The first-order chi connectivity index (χ1) is 16.3. The highest BCUT2D eigenvalue weighted by Gasteiger charge is 2.23. The van der Waals surface area contributed by atoms with Crippen molar-refractivity contribution in [3.8, 4) is 17.5 Å². The molecule has 2 heterocycles. The molecule has 0 bridgehead atoms. The second-order valence-electron chi connectivity index (χ2n) is 8.57. The number of benzene rings is 2. The van der Waals surface area contributed by atoms with E-state index < -0.39 is 10.0 Å². The standard InChI is InChI=1S/C25H30N4O4S/c1-28(2)24-12-14-26-25(27-24)33-22-9-6-19(7-10-22)5-4-16-32-23-11-8-21-18-29(34(3,30)31)15-13-20(21)17-23/h6-12,14,17H,4-5,13,15-16,18H2,1-3H3. The molecule has 0 radical (unpaired) electrons. The number of rotatable bonds is 9. The molecule has 8 nitrogen and oxygen atoms in total. The third-order valence-corrected chi connectivity index (χ3v) is 6.96. The van der Waals surface area contributed by atoms with Crippen LogP contribution < -0.4 is 14.4 Å². The summed E-state index contributed by atoms with van der Waals surface area (Å²) in [7, 11) is 0.682. The minimum atomic E-state index is -3.16. The van der Waals surface area contributed by atoms with Gasteiger partial charge in [-0.3, -0.25) is 0 Å². The molecule has 0 aliphatic carbocycles. The van der Waals surface area contributed by atoms with Crippen molar-refractivity contribution < 1.29 is 17.9 Å². The minimum absolute atomic E-state index is 0.321. The van der Waals surface area contributed by atoms with E-state index in [2.05, 4.69) is 9.97 Å². The van der Waals surface area contributed by atoms with E-state index in [1.54, 1.807) is 6.20 Å². The monoisotopic (exact) mass is 482 g/mol. The maximum Gasteiger partial charge on any atom is 0.323 e. The molecule has 0 saturated heterocycles. The molecule has 0 unspecified atom stereocenters. The largest absolute Gasteiger partial charge is 0.494 e. The van der Waals surface area contributed by atoms with E-state index in [4.69, 9.17) is 9.47 Å². The van der Waals surface area contributed by atoms with E-state index in [9.17, 15) is 8.42 Å². The van der Waals surface area contributed by atoms with Crippen LogP contribution in [0.15, 0.2) is 54.7 Å². The smallest absolute Gasteiger partial charge is 0.323 e. The van der Waals surface area contributed by atoms with Gasteiger partial charge in [0.15, 0.2) is 0 Å². The molecular weight excluding hydrogens is 452 g/mol. The molecule has 34 heavy (non-hydrogen) atoms. The molecule has 0 atom stereocenters. The van der Waals surface area contributed by atoms with Crippen molar-refractivity contribution in [1.82, 2.24) is 14.3 Å². The normalized spacial score (nSPS) is 13.9. The van der Waals surface area contributed by atoms with Gasteiger partial charge in [-0.1, -0.05) is 18.2 Å². The molecule has 0 N–H and O–H groups in total. The van der Waals surface area contributed by atoms with Crippen LogP contribution in [0.3, 0.4) is 0 Å². The fourth-order valence-corrected chi connectivity index (χ4v) is 4.60. The van der Waals surface area contributed by atoms with E-state index in [0.29, 0.717) is 37.9 Å². The Kier molecular flexibility index (Phi) is 7.33. The summed E-state index contributed by atoms with van der Waals surface area (Å²) >= 11 is 0. The summed E-state index contributed by atoms with van der Waals surface area (Å²) in [6.45, 7) is 1.56. The summed E-state index contributed by atoms with van der Waals surface area (Å²) in [6.07, 6.45) is 5.42. The summed E-state index contributed by atoms with van der Waals surface area (Å²) in [5.74, 6) is 2.31. The third-order valence-electron chi connectivity index (χ3n) is 5.71. The molecule has 3 aromatic rings. The van der Waals surface area contributed by atoms with E-state index >= 15 is 0 Å². The van der Waals surface area contributed by atoms with Gasteiger partial charge in [0.2, 0.25) is 10.0 Å². The van der Waals surface area contributed by atoms with Crippen LogP contribution in [-0.2, 0) is 29.4 Å². The maximum atomic E-state index is 11.8. The SMILES string of the molecule is CN(C)c1ccnc(Oc2ccc(CCCOc3ccc4c(c3)CCN(S(C)(=O)=O)C4)cc2)n1. The van der Waals surface area contributed by atoms with Crippen molar-refractivity contribution in [3.05, 3.63) is 71.4 Å². The number of anilines is 1. The minimum Gasteiger partial charge on any atom is -0.494 e. The van der Waals surface area contributed by atoms with Gasteiger partial charge in [-0.05, 0) is 66.3 Å². The third kappa shape index (κ3) is 6.24. The molecule has 1 aromatic heterocycles. The van der Waals surface area contributed by atoms with E-state index in [0.717, 1.165) is 35.5 Å². The average Bonchev–Trinajstić information content (AvgIpc) is 2.82. The zero-order valence-electron chi connectivity index (χ0n) is 19.8. The number of aryl methyl sites for hydroxylation is 1. The molecule has 4 rings (SSSR count). The number of hydrogen-bond acceptors (Lipinski definition) is 7. The molecule has 0 spiro atoms. The first-order valence-electron chi connectivity index (χ1n) is 11.2. The van der Waals surface area contributed by atoms with Gasteiger partial charge in [0, 0.05) is 33.4 Å². The molecule has 0 saturated carbocycles. The van der Waals surface area contributed by atoms with Gasteiger partial charge in [0.25, 0.3) is 0 Å². The van der Waals surface area contributed by atoms with Gasteiger partial charge < -0.3 is 14.4 Å². The van der Waals surface area contributed by atoms with Crippen LogP contribution in [0.5, 0.6) is 17.5 Å². The van der Waals surface area contributed by atoms with Crippen LogP contribution in [0.25, 0.3) is 0 Å². The Hall–Kier alpha value is -3.17. The highest BCUT2D eigenvalue weighted by Crippen LogP contribution is 2.25. The summed E-state index contributed by atoms with van der Waals surface area (Å²) in [5, 5.41) is 0.